The SMILES string of the molecule is O=C(COc1ccc([N+](=O)[O-])cc1)N1CCc2c(noc2-c2ccc(F)cc2)C1. The van der Waals surface area contributed by atoms with E-state index in [4.69, 9.17) is 9.26 Å². The van der Waals surface area contributed by atoms with E-state index in [0.29, 0.717) is 36.7 Å². The van der Waals surface area contributed by atoms with Crippen molar-refractivity contribution < 1.29 is 23.4 Å². The third-order valence-corrected chi connectivity index (χ3v) is 4.71. The van der Waals surface area contributed by atoms with Crippen LogP contribution in [0, 0.1) is 15.9 Å². The van der Waals surface area contributed by atoms with Gasteiger partial charge in [-0.05, 0) is 42.8 Å². The molecule has 2 heterocycles. The summed E-state index contributed by atoms with van der Waals surface area (Å²) in [4.78, 5) is 24.2. The number of rotatable bonds is 5. The molecule has 0 saturated carbocycles. The fraction of sp³-hybridized carbons (Fsp3) is 0.200. The summed E-state index contributed by atoms with van der Waals surface area (Å²) in [6, 6.07) is 11.5. The van der Waals surface area contributed by atoms with Crippen LogP contribution in [0.1, 0.15) is 11.3 Å². The number of carbonyl (C=O) groups is 1. The van der Waals surface area contributed by atoms with Crippen LogP contribution in [0.3, 0.4) is 0 Å². The van der Waals surface area contributed by atoms with Crippen molar-refractivity contribution in [2.45, 2.75) is 13.0 Å². The lowest BCUT2D eigenvalue weighted by molar-refractivity contribution is -0.384. The molecule has 0 aliphatic carbocycles. The molecule has 0 unspecified atom stereocenters. The summed E-state index contributed by atoms with van der Waals surface area (Å²) in [7, 11) is 0. The molecule has 0 saturated heterocycles. The summed E-state index contributed by atoms with van der Waals surface area (Å²) < 4.78 is 24.0. The number of amides is 1. The second kappa shape index (κ2) is 7.70. The number of hydrogen-bond donors (Lipinski definition) is 0. The molecule has 0 fully saturated rings. The molecule has 148 valence electrons. The van der Waals surface area contributed by atoms with Gasteiger partial charge in [0.05, 0.1) is 11.5 Å². The molecule has 0 bridgehead atoms. The van der Waals surface area contributed by atoms with Gasteiger partial charge in [0.2, 0.25) is 0 Å². The van der Waals surface area contributed by atoms with Crippen LogP contribution >= 0.6 is 0 Å². The maximum Gasteiger partial charge on any atom is 0.269 e. The molecule has 4 rings (SSSR count). The predicted molar refractivity (Wildman–Crippen MR) is 99.6 cm³/mol. The molecule has 2 aromatic carbocycles. The van der Waals surface area contributed by atoms with Crippen molar-refractivity contribution in [3.05, 3.63) is 75.7 Å². The maximum absolute atomic E-state index is 13.1. The van der Waals surface area contributed by atoms with Crippen molar-refractivity contribution in [3.8, 4) is 17.1 Å². The van der Waals surface area contributed by atoms with Gasteiger partial charge in [0.1, 0.15) is 17.3 Å². The Bertz CT molecular complexity index is 1050. The Morgan fingerprint density at radius 1 is 1.21 bits per heavy atom. The van der Waals surface area contributed by atoms with Crippen molar-refractivity contribution in [2.24, 2.45) is 0 Å². The van der Waals surface area contributed by atoms with Crippen molar-refractivity contribution in [1.29, 1.82) is 0 Å². The number of aromatic nitrogens is 1. The molecule has 1 aromatic heterocycles. The quantitative estimate of drug-likeness (QED) is 0.484. The van der Waals surface area contributed by atoms with Gasteiger partial charge in [-0.3, -0.25) is 14.9 Å². The van der Waals surface area contributed by atoms with E-state index in [1.54, 1.807) is 17.0 Å². The van der Waals surface area contributed by atoms with Gasteiger partial charge in [-0.15, -0.1) is 0 Å². The summed E-state index contributed by atoms with van der Waals surface area (Å²) >= 11 is 0. The van der Waals surface area contributed by atoms with Gasteiger partial charge in [0.15, 0.2) is 12.4 Å². The summed E-state index contributed by atoms with van der Waals surface area (Å²) in [5.74, 6) is 0.420. The van der Waals surface area contributed by atoms with E-state index in [2.05, 4.69) is 5.16 Å². The maximum atomic E-state index is 13.1. The minimum atomic E-state index is -0.502. The van der Waals surface area contributed by atoms with E-state index in [0.717, 1.165) is 11.1 Å². The van der Waals surface area contributed by atoms with Crippen molar-refractivity contribution in [1.82, 2.24) is 10.1 Å². The Morgan fingerprint density at radius 2 is 1.93 bits per heavy atom. The number of nitro groups is 1. The average Bonchev–Trinajstić information content (AvgIpc) is 3.16. The van der Waals surface area contributed by atoms with E-state index >= 15 is 0 Å². The lowest BCUT2D eigenvalue weighted by atomic mass is 10.0. The second-order valence-corrected chi connectivity index (χ2v) is 6.55. The Hall–Kier alpha value is -3.75. The van der Waals surface area contributed by atoms with Gasteiger partial charge in [-0.1, -0.05) is 5.16 Å². The van der Waals surface area contributed by atoms with Crippen LogP contribution in [-0.2, 0) is 17.8 Å². The number of benzene rings is 2. The van der Waals surface area contributed by atoms with Gasteiger partial charge in [0, 0.05) is 29.8 Å². The van der Waals surface area contributed by atoms with Crippen LogP contribution in [-0.4, -0.2) is 34.0 Å². The molecular formula is C20H16FN3O5. The smallest absolute Gasteiger partial charge is 0.269 e. The first kappa shape index (κ1) is 18.6. The second-order valence-electron chi connectivity index (χ2n) is 6.55. The molecule has 8 nitrogen and oxygen atoms in total. The van der Waals surface area contributed by atoms with Crippen LogP contribution in [0.5, 0.6) is 5.75 Å². The molecule has 0 spiro atoms. The normalized spacial score (nSPS) is 13.1. The topological polar surface area (TPSA) is 98.7 Å². The number of carbonyl (C=O) groups excluding carboxylic acids is 1. The van der Waals surface area contributed by atoms with Gasteiger partial charge in [0.25, 0.3) is 11.6 Å². The summed E-state index contributed by atoms with van der Waals surface area (Å²) in [5, 5.41) is 14.7. The predicted octanol–water partition coefficient (Wildman–Crippen LogP) is 3.35. The third-order valence-electron chi connectivity index (χ3n) is 4.71. The Kier molecular flexibility index (Phi) is 4.94. The van der Waals surface area contributed by atoms with Crippen molar-refractivity contribution in [3.63, 3.8) is 0 Å². The van der Waals surface area contributed by atoms with E-state index < -0.39 is 4.92 Å². The minimum absolute atomic E-state index is 0.0461. The lowest BCUT2D eigenvalue weighted by Gasteiger charge is -2.26. The van der Waals surface area contributed by atoms with Gasteiger partial charge in [-0.25, -0.2) is 4.39 Å². The molecule has 0 N–H and O–H groups in total. The minimum Gasteiger partial charge on any atom is -0.484 e. The van der Waals surface area contributed by atoms with Crippen LogP contribution in [0.15, 0.2) is 53.1 Å². The fourth-order valence-electron chi connectivity index (χ4n) is 3.17. The number of halogens is 1. The number of non-ortho nitro benzene ring substituents is 1. The summed E-state index contributed by atoms with van der Waals surface area (Å²) in [6.07, 6.45) is 0.564. The van der Waals surface area contributed by atoms with Gasteiger partial charge >= 0.3 is 0 Å². The summed E-state index contributed by atoms with van der Waals surface area (Å²) in [5.41, 5.74) is 2.27. The van der Waals surface area contributed by atoms with E-state index in [-0.39, 0.29) is 24.0 Å². The number of fused-ring (bicyclic) bond motifs is 1. The molecule has 0 radical (unpaired) electrons. The first-order valence-electron chi connectivity index (χ1n) is 8.89. The highest BCUT2D eigenvalue weighted by molar-refractivity contribution is 5.78. The molecule has 1 aliphatic heterocycles. The molecular weight excluding hydrogens is 381 g/mol. The van der Waals surface area contributed by atoms with Crippen LogP contribution in [0.25, 0.3) is 11.3 Å². The first-order valence-corrected chi connectivity index (χ1v) is 8.89. The zero-order chi connectivity index (χ0) is 20.4. The van der Waals surface area contributed by atoms with Crippen molar-refractivity contribution >= 4 is 11.6 Å². The molecule has 3 aromatic rings. The lowest BCUT2D eigenvalue weighted by Crippen LogP contribution is -2.38. The molecule has 0 atom stereocenters. The Labute approximate surface area is 164 Å². The highest BCUT2D eigenvalue weighted by Gasteiger charge is 2.27. The standard InChI is InChI=1S/C20H16FN3O5/c21-14-3-1-13(2-4-14)20-17-9-10-23(11-18(17)22-29-20)19(25)12-28-16-7-5-15(6-8-16)24(26)27/h1-8H,9-12H2. The largest absolute Gasteiger partial charge is 0.484 e. The first-order chi connectivity index (χ1) is 14.0. The van der Waals surface area contributed by atoms with Crippen LogP contribution < -0.4 is 4.74 Å². The number of nitrogens with zero attached hydrogens (tertiary/aromatic N) is 3. The van der Waals surface area contributed by atoms with Crippen LogP contribution in [0.2, 0.25) is 0 Å². The highest BCUT2D eigenvalue weighted by atomic mass is 19.1. The molecule has 9 heteroatoms. The summed E-state index contributed by atoms with van der Waals surface area (Å²) in [6.45, 7) is 0.586. The van der Waals surface area contributed by atoms with Crippen molar-refractivity contribution in [2.75, 3.05) is 13.2 Å². The number of nitro benzene ring substituents is 1. The fourth-order valence-corrected chi connectivity index (χ4v) is 3.17. The highest BCUT2D eigenvalue weighted by Crippen LogP contribution is 2.30. The Balaban J connectivity index is 1.39. The monoisotopic (exact) mass is 397 g/mol. The number of hydrogen-bond acceptors (Lipinski definition) is 6. The Morgan fingerprint density at radius 3 is 2.62 bits per heavy atom. The average molecular weight is 397 g/mol. The zero-order valence-electron chi connectivity index (χ0n) is 15.2. The molecule has 1 aliphatic rings. The molecule has 1 amide bonds. The third kappa shape index (κ3) is 3.93. The van der Waals surface area contributed by atoms with E-state index in [9.17, 15) is 19.3 Å². The zero-order valence-corrected chi connectivity index (χ0v) is 15.2. The van der Waals surface area contributed by atoms with Gasteiger partial charge in [-0.2, -0.15) is 0 Å². The van der Waals surface area contributed by atoms with E-state index in [1.807, 2.05) is 0 Å². The van der Waals surface area contributed by atoms with Gasteiger partial charge < -0.3 is 14.2 Å². The van der Waals surface area contributed by atoms with E-state index in [1.165, 1.54) is 36.4 Å². The number of ether oxygens (including phenoxy) is 1. The van der Waals surface area contributed by atoms with Crippen LogP contribution in [0.4, 0.5) is 10.1 Å². The molecule has 29 heavy (non-hydrogen) atoms.